The van der Waals surface area contributed by atoms with E-state index in [4.69, 9.17) is 28.0 Å². The summed E-state index contributed by atoms with van der Waals surface area (Å²) in [5, 5.41) is 0. The van der Waals surface area contributed by atoms with Crippen molar-refractivity contribution in [3.8, 4) is 0 Å². The zero-order valence-corrected chi connectivity index (χ0v) is 5.84. The molecule has 0 rings (SSSR count). The van der Waals surface area contributed by atoms with E-state index in [1.54, 1.807) is 0 Å². The average Bonchev–Trinajstić information content (AvgIpc) is 1.25. The van der Waals surface area contributed by atoms with E-state index in [1.807, 2.05) is 0 Å². The first kappa shape index (κ1) is 16.0. The van der Waals surface area contributed by atoms with Crippen LogP contribution in [0.1, 0.15) is 0 Å². The van der Waals surface area contributed by atoms with Gasteiger partial charge in [0.1, 0.15) is 0 Å². The van der Waals surface area contributed by atoms with E-state index >= 15 is 0 Å². The molecule has 9 heavy (non-hydrogen) atoms. The summed E-state index contributed by atoms with van der Waals surface area (Å²) in [6.45, 7) is 0. The SMILES string of the molecule is O=P(=O)[O-].O=P(=O)[O-].[Be+2]. The van der Waals surface area contributed by atoms with Gasteiger partial charge >= 0.3 is 10.1 Å². The van der Waals surface area contributed by atoms with Crippen LogP contribution in [0, 0.1) is 0 Å². The molecule has 0 aromatic carbocycles. The van der Waals surface area contributed by atoms with Crippen molar-refractivity contribution in [1.29, 1.82) is 0 Å². The summed E-state index contributed by atoms with van der Waals surface area (Å²) in [4.78, 5) is 17.0. The maximum atomic E-state index is 8.48. The minimum absolute atomic E-state index is 0. The smallest absolute Gasteiger partial charge is 0.744 e. The van der Waals surface area contributed by atoms with Gasteiger partial charge in [0.2, 0.25) is 15.8 Å². The second-order valence-electron chi connectivity index (χ2n) is 0.447. The van der Waals surface area contributed by atoms with E-state index in [0.717, 1.165) is 0 Å². The molecule has 0 aliphatic rings. The average molecular weight is 167 g/mol. The molecule has 0 heterocycles. The van der Waals surface area contributed by atoms with Gasteiger partial charge in [-0.25, -0.2) is 0 Å². The minimum atomic E-state index is -3.37. The summed E-state index contributed by atoms with van der Waals surface area (Å²) in [5.74, 6) is 0. The van der Waals surface area contributed by atoms with Gasteiger partial charge in [0.15, 0.2) is 0 Å². The summed E-state index contributed by atoms with van der Waals surface area (Å²) in [5.41, 5.74) is 0. The fourth-order valence-corrected chi connectivity index (χ4v) is 0. The zero-order valence-electron chi connectivity index (χ0n) is 4.05. The van der Waals surface area contributed by atoms with Crippen LogP contribution < -0.4 is 9.79 Å². The molecule has 0 N–H and O–H groups in total. The van der Waals surface area contributed by atoms with Gasteiger partial charge in [0.25, 0.3) is 0 Å². The molecular formula is BeO6P2. The molecule has 0 aliphatic heterocycles. The Labute approximate surface area is 54.9 Å². The molecule has 0 fully saturated rings. The molecule has 0 saturated heterocycles. The molecule has 0 saturated carbocycles. The van der Waals surface area contributed by atoms with Crippen LogP contribution in [0.5, 0.6) is 0 Å². The molecule has 48 valence electrons. The Bertz CT molecular complexity index is 128. The standard InChI is InChI=1S/Be.2HO3P/c;2*1-4(2)3/h;2*(H,1,2,3)/q+2;;/p-2. The van der Waals surface area contributed by atoms with E-state index in [2.05, 4.69) is 0 Å². The van der Waals surface area contributed by atoms with Crippen molar-refractivity contribution in [2.75, 3.05) is 0 Å². The van der Waals surface area contributed by atoms with Crippen LogP contribution in [0.15, 0.2) is 0 Å². The molecule has 9 heteroatoms. The van der Waals surface area contributed by atoms with Gasteiger partial charge in [0, 0.05) is 0 Å². The van der Waals surface area contributed by atoms with E-state index in [0.29, 0.717) is 0 Å². The van der Waals surface area contributed by atoms with Gasteiger partial charge in [-0.2, -0.15) is 0 Å². The van der Waals surface area contributed by atoms with Gasteiger partial charge < -0.3 is 9.79 Å². The van der Waals surface area contributed by atoms with Crippen LogP contribution in [-0.4, -0.2) is 10.1 Å². The van der Waals surface area contributed by atoms with Crippen LogP contribution in [-0.2, 0) is 18.3 Å². The zero-order chi connectivity index (χ0) is 7.15. The molecule has 0 unspecified atom stereocenters. The molecular weight excluding hydrogens is 167 g/mol. The van der Waals surface area contributed by atoms with Crippen LogP contribution in [0.25, 0.3) is 0 Å². The molecule has 0 spiro atoms. The Morgan fingerprint density at radius 2 is 0.778 bits per heavy atom. The number of hydrogen-bond acceptors (Lipinski definition) is 6. The summed E-state index contributed by atoms with van der Waals surface area (Å²) in [6.07, 6.45) is 0. The molecule has 0 aliphatic carbocycles. The van der Waals surface area contributed by atoms with Crippen molar-refractivity contribution in [3.63, 3.8) is 0 Å². The fraction of sp³-hybridized carbons (Fsp3) is 0. The van der Waals surface area contributed by atoms with Gasteiger partial charge in [-0.05, 0) is 0 Å². The largest absolute Gasteiger partial charge is 2.00 e. The van der Waals surface area contributed by atoms with Crippen LogP contribution in [0.4, 0.5) is 0 Å². The summed E-state index contributed by atoms with van der Waals surface area (Å²) >= 11 is 0. The van der Waals surface area contributed by atoms with E-state index in [1.165, 1.54) is 0 Å². The molecule has 0 aromatic rings. The first-order chi connectivity index (χ1) is 3.46. The Morgan fingerprint density at radius 1 is 0.778 bits per heavy atom. The van der Waals surface area contributed by atoms with Gasteiger partial charge in [-0.3, -0.25) is 18.3 Å². The number of rotatable bonds is 0. The van der Waals surface area contributed by atoms with Gasteiger partial charge in [0.05, 0.1) is 0 Å². The maximum absolute atomic E-state index is 8.48. The molecule has 6 nitrogen and oxygen atoms in total. The van der Waals surface area contributed by atoms with Crippen molar-refractivity contribution >= 4 is 25.9 Å². The normalized spacial score (nSPS) is 5.56. The minimum Gasteiger partial charge on any atom is -0.744 e. The van der Waals surface area contributed by atoms with Crippen LogP contribution >= 0.6 is 15.8 Å². The Morgan fingerprint density at radius 3 is 0.778 bits per heavy atom. The van der Waals surface area contributed by atoms with Crippen molar-refractivity contribution in [3.05, 3.63) is 0 Å². The second-order valence-corrected chi connectivity index (χ2v) is 1.34. The molecule has 0 bridgehead atoms. The van der Waals surface area contributed by atoms with Crippen molar-refractivity contribution in [2.45, 2.75) is 0 Å². The maximum Gasteiger partial charge on any atom is 2.00 e. The third-order valence-corrected chi connectivity index (χ3v) is 0. The summed E-state index contributed by atoms with van der Waals surface area (Å²) in [6, 6.07) is 0. The summed E-state index contributed by atoms with van der Waals surface area (Å²) < 4.78 is 33.9. The molecule has 0 radical (unpaired) electrons. The van der Waals surface area contributed by atoms with E-state index in [-0.39, 0.29) is 10.1 Å². The fourth-order valence-electron chi connectivity index (χ4n) is 0. The third-order valence-electron chi connectivity index (χ3n) is 0. The Hall–Kier alpha value is -0.111. The van der Waals surface area contributed by atoms with Crippen LogP contribution in [0.3, 0.4) is 0 Å². The monoisotopic (exact) mass is 167 g/mol. The van der Waals surface area contributed by atoms with Crippen molar-refractivity contribution < 1.29 is 28.0 Å². The first-order valence-corrected chi connectivity index (χ1v) is 3.29. The van der Waals surface area contributed by atoms with Crippen LogP contribution in [0.2, 0.25) is 0 Å². The molecule has 0 atom stereocenters. The topological polar surface area (TPSA) is 114 Å². The van der Waals surface area contributed by atoms with E-state index < -0.39 is 15.8 Å². The molecule has 0 amide bonds. The van der Waals surface area contributed by atoms with Crippen molar-refractivity contribution in [2.24, 2.45) is 0 Å². The quantitative estimate of drug-likeness (QED) is 0.319. The van der Waals surface area contributed by atoms with E-state index in [9.17, 15) is 0 Å². The van der Waals surface area contributed by atoms with Crippen molar-refractivity contribution in [1.82, 2.24) is 0 Å². The van der Waals surface area contributed by atoms with Gasteiger partial charge in [-0.15, -0.1) is 0 Å². The predicted octanol–water partition coefficient (Wildman–Crippen LogP) is -1.51. The Kier molecular flexibility index (Phi) is 19.1. The third kappa shape index (κ3) is 22100. The summed E-state index contributed by atoms with van der Waals surface area (Å²) in [7, 11) is -6.74. The first-order valence-electron chi connectivity index (χ1n) is 1.10. The Balaban J connectivity index is -0.0000000720. The second kappa shape index (κ2) is 10.8. The predicted molar refractivity (Wildman–Crippen MR) is 22.3 cm³/mol. The molecule has 0 aromatic heterocycles. The van der Waals surface area contributed by atoms with Gasteiger partial charge in [-0.1, -0.05) is 0 Å². The number of hydrogen-bond donors (Lipinski definition) is 0.